The van der Waals surface area contributed by atoms with Gasteiger partial charge >= 0.3 is 0 Å². The molecule has 0 aliphatic carbocycles. The average Bonchev–Trinajstić information content (AvgIpc) is 2.83. The van der Waals surface area contributed by atoms with E-state index in [-0.39, 0.29) is 18.4 Å². The molecule has 1 fully saturated rings. The molecule has 0 saturated carbocycles. The number of likely N-dealkylation sites (N-methyl/N-ethyl adjacent to an activating group) is 1. The zero-order valence-electron chi connectivity index (χ0n) is 11.1. The van der Waals surface area contributed by atoms with E-state index in [1.807, 2.05) is 0 Å². The normalized spacial score (nSPS) is 14.6. The third-order valence-corrected chi connectivity index (χ3v) is 3.19. The fourth-order valence-electron chi connectivity index (χ4n) is 1.98. The van der Waals surface area contributed by atoms with Crippen molar-refractivity contribution < 1.29 is 14.3 Å². The first-order valence-corrected chi connectivity index (χ1v) is 6.16. The van der Waals surface area contributed by atoms with Crippen molar-refractivity contribution in [3.05, 3.63) is 18.3 Å². The summed E-state index contributed by atoms with van der Waals surface area (Å²) in [5.74, 6) is 0.427. The Hall–Kier alpha value is -2.11. The minimum Gasteiger partial charge on any atom is -0.481 e. The van der Waals surface area contributed by atoms with Crippen molar-refractivity contribution in [1.29, 1.82) is 0 Å². The van der Waals surface area contributed by atoms with Crippen molar-refractivity contribution in [3.8, 4) is 5.88 Å². The summed E-state index contributed by atoms with van der Waals surface area (Å²) in [7, 11) is 3.21. The van der Waals surface area contributed by atoms with E-state index in [0.717, 1.165) is 6.42 Å². The summed E-state index contributed by atoms with van der Waals surface area (Å²) in [4.78, 5) is 30.7. The van der Waals surface area contributed by atoms with Crippen LogP contribution in [0.1, 0.15) is 12.8 Å². The van der Waals surface area contributed by atoms with Gasteiger partial charge in [-0.25, -0.2) is 4.98 Å². The number of methoxy groups -OCH3 is 1. The fraction of sp³-hybridized carbons (Fsp3) is 0.462. The summed E-state index contributed by atoms with van der Waals surface area (Å²) < 4.78 is 4.96. The molecule has 2 amide bonds. The predicted molar refractivity (Wildman–Crippen MR) is 70.0 cm³/mol. The van der Waals surface area contributed by atoms with Gasteiger partial charge in [0.2, 0.25) is 17.7 Å². The molecule has 6 heteroatoms. The number of ether oxygens (including phenoxy) is 1. The number of likely N-dealkylation sites (tertiary alicyclic amines) is 1. The number of carbonyl (C=O) groups excluding carboxylic acids is 2. The van der Waals surface area contributed by atoms with Crippen LogP contribution in [0.2, 0.25) is 0 Å². The molecule has 1 aromatic rings. The molecule has 0 N–H and O–H groups in total. The van der Waals surface area contributed by atoms with Crippen LogP contribution < -0.4 is 9.64 Å². The van der Waals surface area contributed by atoms with E-state index in [1.165, 1.54) is 12.0 Å². The number of carbonyl (C=O) groups is 2. The molecule has 0 aromatic carbocycles. The molecule has 102 valence electrons. The van der Waals surface area contributed by atoms with E-state index >= 15 is 0 Å². The maximum atomic E-state index is 12.1. The van der Waals surface area contributed by atoms with Crippen LogP contribution in [-0.2, 0) is 9.59 Å². The minimum atomic E-state index is -0.123. The molecular formula is C13H17N3O3. The molecule has 2 rings (SSSR count). The monoisotopic (exact) mass is 263 g/mol. The SMILES string of the molecule is COc1ccc(N(C)C(=O)CN2CCCC2=O)cn1. The number of anilines is 1. The highest BCUT2D eigenvalue weighted by atomic mass is 16.5. The van der Waals surface area contributed by atoms with Gasteiger partial charge in [0, 0.05) is 26.1 Å². The second kappa shape index (κ2) is 5.69. The van der Waals surface area contributed by atoms with Gasteiger partial charge in [0.15, 0.2) is 0 Å². The van der Waals surface area contributed by atoms with E-state index < -0.39 is 0 Å². The number of aromatic nitrogens is 1. The van der Waals surface area contributed by atoms with Gasteiger partial charge in [0.25, 0.3) is 0 Å². The Balaban J connectivity index is 1.99. The van der Waals surface area contributed by atoms with Crippen molar-refractivity contribution >= 4 is 17.5 Å². The summed E-state index contributed by atoms with van der Waals surface area (Å²) in [5.41, 5.74) is 0.678. The second-order valence-electron chi connectivity index (χ2n) is 4.43. The number of hydrogen-bond acceptors (Lipinski definition) is 4. The molecule has 1 aliphatic rings. The number of nitrogens with zero attached hydrogens (tertiary/aromatic N) is 3. The first kappa shape index (κ1) is 13.3. The Morgan fingerprint density at radius 2 is 2.32 bits per heavy atom. The summed E-state index contributed by atoms with van der Waals surface area (Å²) in [6.07, 6.45) is 2.95. The minimum absolute atomic E-state index is 0.0506. The molecule has 0 bridgehead atoms. The van der Waals surface area contributed by atoms with Crippen LogP contribution in [0.25, 0.3) is 0 Å². The number of pyridine rings is 1. The van der Waals surface area contributed by atoms with Crippen molar-refractivity contribution in [2.45, 2.75) is 12.8 Å². The molecule has 0 spiro atoms. The van der Waals surface area contributed by atoms with Crippen LogP contribution >= 0.6 is 0 Å². The standard InChI is InChI=1S/C13H17N3O3/c1-15(10-5-6-11(19-2)14-8-10)13(18)9-16-7-3-4-12(16)17/h5-6,8H,3-4,7,9H2,1-2H3. The molecule has 0 unspecified atom stereocenters. The smallest absolute Gasteiger partial charge is 0.246 e. The van der Waals surface area contributed by atoms with Gasteiger partial charge < -0.3 is 14.5 Å². The lowest BCUT2D eigenvalue weighted by Crippen LogP contribution is -2.39. The number of rotatable bonds is 4. The van der Waals surface area contributed by atoms with Crippen molar-refractivity contribution in [1.82, 2.24) is 9.88 Å². The molecule has 1 aromatic heterocycles. The quantitative estimate of drug-likeness (QED) is 0.801. The Morgan fingerprint density at radius 3 is 2.84 bits per heavy atom. The van der Waals surface area contributed by atoms with Crippen molar-refractivity contribution in [3.63, 3.8) is 0 Å². The molecule has 1 saturated heterocycles. The largest absolute Gasteiger partial charge is 0.481 e. The molecule has 2 heterocycles. The van der Waals surface area contributed by atoms with E-state index in [1.54, 1.807) is 30.3 Å². The third-order valence-electron chi connectivity index (χ3n) is 3.19. The molecule has 0 atom stereocenters. The van der Waals surface area contributed by atoms with Gasteiger partial charge in [-0.3, -0.25) is 9.59 Å². The Bertz CT molecular complexity index is 473. The van der Waals surface area contributed by atoms with E-state index in [2.05, 4.69) is 4.98 Å². The van der Waals surface area contributed by atoms with E-state index in [4.69, 9.17) is 4.74 Å². The maximum absolute atomic E-state index is 12.1. The molecular weight excluding hydrogens is 246 g/mol. The van der Waals surface area contributed by atoms with Gasteiger partial charge in [0.05, 0.1) is 19.0 Å². The second-order valence-corrected chi connectivity index (χ2v) is 4.43. The van der Waals surface area contributed by atoms with Crippen LogP contribution in [0.4, 0.5) is 5.69 Å². The molecule has 6 nitrogen and oxygen atoms in total. The first-order chi connectivity index (χ1) is 9.11. The summed E-state index contributed by atoms with van der Waals surface area (Å²) in [6.45, 7) is 0.792. The van der Waals surface area contributed by atoms with Crippen LogP contribution in [0, 0.1) is 0 Å². The number of hydrogen-bond donors (Lipinski definition) is 0. The zero-order valence-corrected chi connectivity index (χ0v) is 11.1. The van der Waals surface area contributed by atoms with Gasteiger partial charge in [-0.1, -0.05) is 0 Å². The van der Waals surface area contributed by atoms with Crippen molar-refractivity contribution in [2.24, 2.45) is 0 Å². The lowest BCUT2D eigenvalue weighted by atomic mass is 10.3. The van der Waals surface area contributed by atoms with E-state index in [9.17, 15) is 9.59 Å². The topological polar surface area (TPSA) is 62.7 Å². The lowest BCUT2D eigenvalue weighted by Gasteiger charge is -2.21. The zero-order chi connectivity index (χ0) is 13.8. The molecule has 19 heavy (non-hydrogen) atoms. The van der Waals surface area contributed by atoms with Gasteiger partial charge in [-0.15, -0.1) is 0 Å². The fourth-order valence-corrected chi connectivity index (χ4v) is 1.98. The molecule has 0 radical (unpaired) electrons. The van der Waals surface area contributed by atoms with Gasteiger partial charge in [-0.05, 0) is 12.5 Å². The maximum Gasteiger partial charge on any atom is 0.246 e. The Morgan fingerprint density at radius 1 is 1.53 bits per heavy atom. The highest BCUT2D eigenvalue weighted by Crippen LogP contribution is 2.16. The number of amides is 2. The Kier molecular flexibility index (Phi) is 3.99. The van der Waals surface area contributed by atoms with Crippen LogP contribution in [-0.4, -0.2) is 48.9 Å². The summed E-state index contributed by atoms with van der Waals surface area (Å²) in [5, 5.41) is 0. The van der Waals surface area contributed by atoms with Gasteiger partial charge in [-0.2, -0.15) is 0 Å². The van der Waals surface area contributed by atoms with Crippen LogP contribution in [0.15, 0.2) is 18.3 Å². The van der Waals surface area contributed by atoms with Crippen LogP contribution in [0.5, 0.6) is 5.88 Å². The van der Waals surface area contributed by atoms with Crippen LogP contribution in [0.3, 0.4) is 0 Å². The summed E-state index contributed by atoms with van der Waals surface area (Å²) >= 11 is 0. The first-order valence-electron chi connectivity index (χ1n) is 6.16. The summed E-state index contributed by atoms with van der Waals surface area (Å²) in [6, 6.07) is 3.45. The average molecular weight is 263 g/mol. The highest BCUT2D eigenvalue weighted by Gasteiger charge is 2.24. The van der Waals surface area contributed by atoms with E-state index in [0.29, 0.717) is 24.5 Å². The van der Waals surface area contributed by atoms with Gasteiger partial charge in [0.1, 0.15) is 6.54 Å². The third kappa shape index (κ3) is 3.01. The van der Waals surface area contributed by atoms with Crippen molar-refractivity contribution in [2.75, 3.05) is 32.1 Å². The Labute approximate surface area is 112 Å². The molecule has 1 aliphatic heterocycles. The predicted octanol–water partition coefficient (Wildman–Crippen LogP) is 0.675. The lowest BCUT2D eigenvalue weighted by molar-refractivity contribution is -0.132. The highest BCUT2D eigenvalue weighted by molar-refractivity contribution is 5.96.